The number of hydrogen-bond donors (Lipinski definition) is 1. The summed E-state index contributed by atoms with van der Waals surface area (Å²) in [5.41, 5.74) is 1.28. The number of rotatable bonds is 5. The van der Waals surface area contributed by atoms with Crippen LogP contribution in [0.1, 0.15) is 32.8 Å². The van der Waals surface area contributed by atoms with E-state index in [-0.39, 0.29) is 6.04 Å². The molecule has 0 spiro atoms. The molecule has 170 valence electrons. The number of benzene rings is 1. The highest BCUT2D eigenvalue weighted by Gasteiger charge is 2.30. The van der Waals surface area contributed by atoms with Crippen LogP contribution in [0, 0.1) is 0 Å². The van der Waals surface area contributed by atoms with Gasteiger partial charge in [0.25, 0.3) is 0 Å². The summed E-state index contributed by atoms with van der Waals surface area (Å²) in [5, 5.41) is 9.25. The second-order valence-electron chi connectivity index (χ2n) is 8.90. The van der Waals surface area contributed by atoms with Crippen LogP contribution in [0.15, 0.2) is 36.5 Å². The van der Waals surface area contributed by atoms with E-state index in [2.05, 4.69) is 15.2 Å². The largest absolute Gasteiger partial charge is 0.497 e. The maximum absolute atomic E-state index is 12.2. The van der Waals surface area contributed by atoms with Crippen LogP contribution < -0.4 is 15.0 Å². The van der Waals surface area contributed by atoms with E-state index in [9.17, 15) is 4.79 Å². The fourth-order valence-corrected chi connectivity index (χ4v) is 4.05. The highest BCUT2D eigenvalue weighted by Crippen LogP contribution is 2.33. The van der Waals surface area contributed by atoms with Gasteiger partial charge in [-0.05, 0) is 51.0 Å². The summed E-state index contributed by atoms with van der Waals surface area (Å²) >= 11 is 6.56. The minimum Gasteiger partial charge on any atom is -0.497 e. The van der Waals surface area contributed by atoms with Gasteiger partial charge in [-0.25, -0.2) is 14.5 Å². The highest BCUT2D eigenvalue weighted by atomic mass is 35.5. The minimum atomic E-state index is -0.530. The first kappa shape index (κ1) is 22.2. The quantitative estimate of drug-likeness (QED) is 0.617. The summed E-state index contributed by atoms with van der Waals surface area (Å²) in [6.07, 6.45) is 2.08. The average molecular weight is 458 g/mol. The Morgan fingerprint density at radius 2 is 2.00 bits per heavy atom. The molecule has 1 aliphatic rings. The molecular formula is C23H28ClN5O3. The third kappa shape index (κ3) is 4.91. The van der Waals surface area contributed by atoms with Crippen molar-refractivity contribution < 1.29 is 14.3 Å². The van der Waals surface area contributed by atoms with Gasteiger partial charge in [0.2, 0.25) is 0 Å². The fraction of sp³-hybridized carbons (Fsp3) is 0.435. The Kier molecular flexibility index (Phi) is 6.15. The lowest BCUT2D eigenvalue weighted by atomic mass is 10.2. The second-order valence-corrected chi connectivity index (χ2v) is 9.31. The molecule has 4 rings (SSSR count). The fourth-order valence-electron chi connectivity index (χ4n) is 3.82. The van der Waals surface area contributed by atoms with Gasteiger partial charge in [-0.15, -0.1) is 0 Å². The summed E-state index contributed by atoms with van der Waals surface area (Å²) in [6.45, 7) is 7.49. The maximum atomic E-state index is 12.2. The number of ether oxygens (including phenoxy) is 2. The molecular weight excluding hydrogens is 430 g/mol. The number of hydrogen-bond acceptors (Lipinski definition) is 6. The lowest BCUT2D eigenvalue weighted by Gasteiger charge is -2.22. The number of fused-ring (bicyclic) bond motifs is 1. The minimum absolute atomic E-state index is 0.0258. The molecule has 1 amide bonds. The smallest absolute Gasteiger partial charge is 0.407 e. The first-order valence-electron chi connectivity index (χ1n) is 10.6. The number of aromatic nitrogens is 3. The van der Waals surface area contributed by atoms with Gasteiger partial charge in [-0.2, -0.15) is 5.10 Å². The Hall–Kier alpha value is -3.00. The molecule has 0 aliphatic carbocycles. The topological polar surface area (TPSA) is 81.5 Å². The molecule has 9 heteroatoms. The van der Waals surface area contributed by atoms with E-state index >= 15 is 0 Å². The van der Waals surface area contributed by atoms with Gasteiger partial charge >= 0.3 is 6.09 Å². The lowest BCUT2D eigenvalue weighted by Crippen LogP contribution is -2.40. The zero-order valence-corrected chi connectivity index (χ0v) is 19.5. The van der Waals surface area contributed by atoms with Crippen molar-refractivity contribution in [1.82, 2.24) is 20.1 Å². The Bertz CT molecular complexity index is 1110. The third-order valence-electron chi connectivity index (χ3n) is 5.26. The molecule has 8 nitrogen and oxygen atoms in total. The summed E-state index contributed by atoms with van der Waals surface area (Å²) in [6, 6.07) is 9.62. The molecule has 1 aromatic carbocycles. The van der Waals surface area contributed by atoms with Gasteiger partial charge in [0.05, 0.1) is 30.1 Å². The number of carbonyl (C=O) groups is 1. The number of amides is 1. The van der Waals surface area contributed by atoms with Crippen LogP contribution in [-0.2, 0) is 11.3 Å². The Morgan fingerprint density at radius 3 is 2.69 bits per heavy atom. The summed E-state index contributed by atoms with van der Waals surface area (Å²) < 4.78 is 12.5. The van der Waals surface area contributed by atoms with Crippen molar-refractivity contribution in [2.24, 2.45) is 0 Å². The van der Waals surface area contributed by atoms with E-state index in [1.165, 1.54) is 0 Å². The van der Waals surface area contributed by atoms with E-state index in [1.54, 1.807) is 19.4 Å². The predicted octanol–water partition coefficient (Wildman–Crippen LogP) is 4.25. The van der Waals surface area contributed by atoms with Crippen LogP contribution in [0.3, 0.4) is 0 Å². The number of pyridine rings is 1. The van der Waals surface area contributed by atoms with Gasteiger partial charge in [0.15, 0.2) is 11.5 Å². The first-order valence-corrected chi connectivity index (χ1v) is 11.0. The molecule has 1 saturated heterocycles. The molecule has 3 heterocycles. The number of anilines is 1. The highest BCUT2D eigenvalue weighted by molar-refractivity contribution is 6.36. The van der Waals surface area contributed by atoms with Crippen molar-refractivity contribution >= 4 is 34.5 Å². The number of methoxy groups -OCH3 is 1. The molecule has 3 aromatic rings. The molecule has 1 fully saturated rings. The molecule has 0 unspecified atom stereocenters. The van der Waals surface area contributed by atoms with Gasteiger partial charge in [0.1, 0.15) is 11.4 Å². The Labute approximate surface area is 192 Å². The van der Waals surface area contributed by atoms with Crippen molar-refractivity contribution in [3.63, 3.8) is 0 Å². The van der Waals surface area contributed by atoms with Crippen LogP contribution in [0.4, 0.5) is 10.6 Å². The van der Waals surface area contributed by atoms with Gasteiger partial charge in [-0.3, -0.25) is 0 Å². The summed E-state index contributed by atoms with van der Waals surface area (Å²) in [4.78, 5) is 18.9. The van der Waals surface area contributed by atoms with Crippen molar-refractivity contribution in [3.8, 4) is 5.75 Å². The van der Waals surface area contributed by atoms with E-state index in [0.717, 1.165) is 41.1 Å². The number of nitrogens with zero attached hydrogens (tertiary/aromatic N) is 4. The Morgan fingerprint density at radius 1 is 1.25 bits per heavy atom. The molecule has 0 radical (unpaired) electrons. The lowest BCUT2D eigenvalue weighted by molar-refractivity contribution is 0.0509. The molecule has 1 aliphatic heterocycles. The summed E-state index contributed by atoms with van der Waals surface area (Å²) in [7, 11) is 1.65. The normalized spacial score (nSPS) is 16.4. The predicted molar refractivity (Wildman–Crippen MR) is 125 cm³/mol. The third-order valence-corrected chi connectivity index (χ3v) is 5.58. The summed E-state index contributed by atoms with van der Waals surface area (Å²) in [5.74, 6) is 1.58. The van der Waals surface area contributed by atoms with Crippen LogP contribution in [-0.4, -0.2) is 52.7 Å². The van der Waals surface area contributed by atoms with E-state index in [0.29, 0.717) is 18.1 Å². The molecule has 0 bridgehead atoms. The number of alkyl carbamates (subject to hydrolysis) is 1. The molecule has 1 N–H and O–H groups in total. The number of halogens is 1. The van der Waals surface area contributed by atoms with Gasteiger partial charge < -0.3 is 19.7 Å². The first-order chi connectivity index (χ1) is 15.2. The maximum Gasteiger partial charge on any atom is 0.407 e. The zero-order valence-electron chi connectivity index (χ0n) is 18.8. The van der Waals surface area contributed by atoms with Gasteiger partial charge in [0, 0.05) is 19.3 Å². The van der Waals surface area contributed by atoms with Crippen molar-refractivity contribution in [2.75, 3.05) is 25.1 Å². The van der Waals surface area contributed by atoms with Crippen LogP contribution >= 0.6 is 11.6 Å². The second kappa shape index (κ2) is 8.86. The number of carbonyl (C=O) groups excluding carboxylic acids is 1. The molecule has 2 aromatic heterocycles. The van der Waals surface area contributed by atoms with Crippen LogP contribution in [0.25, 0.3) is 11.0 Å². The van der Waals surface area contributed by atoms with Crippen LogP contribution in [0.2, 0.25) is 5.02 Å². The van der Waals surface area contributed by atoms with E-state index < -0.39 is 11.7 Å². The SMILES string of the molecule is COc1ccc(Cn2nc(N3CC[C@@H](NC(=O)OC(C)(C)C)C3)c3c(Cl)ccnc32)cc1. The van der Waals surface area contributed by atoms with E-state index in [1.807, 2.05) is 49.7 Å². The molecule has 32 heavy (non-hydrogen) atoms. The Balaban J connectivity index is 1.56. The molecule has 1 atom stereocenters. The van der Waals surface area contributed by atoms with Crippen molar-refractivity contribution in [2.45, 2.75) is 45.4 Å². The van der Waals surface area contributed by atoms with Crippen LogP contribution in [0.5, 0.6) is 5.75 Å². The number of nitrogens with one attached hydrogen (secondary N) is 1. The zero-order chi connectivity index (χ0) is 22.9. The van der Waals surface area contributed by atoms with Gasteiger partial charge in [-0.1, -0.05) is 23.7 Å². The molecule has 0 saturated carbocycles. The van der Waals surface area contributed by atoms with Crippen molar-refractivity contribution in [1.29, 1.82) is 0 Å². The standard InChI is InChI=1S/C23H28ClN5O3/c1-23(2,3)32-22(30)26-16-10-12-28(14-16)21-19-18(24)9-11-25-20(19)29(27-21)13-15-5-7-17(31-4)8-6-15/h5-9,11,16H,10,12-14H2,1-4H3,(H,26,30)/t16-/m1/s1. The van der Waals surface area contributed by atoms with Crippen molar-refractivity contribution in [3.05, 3.63) is 47.1 Å². The van der Waals surface area contributed by atoms with E-state index in [4.69, 9.17) is 26.2 Å². The average Bonchev–Trinajstić information content (AvgIpc) is 3.33. The monoisotopic (exact) mass is 457 g/mol.